The van der Waals surface area contributed by atoms with Gasteiger partial charge in [0.05, 0.1) is 18.8 Å². The van der Waals surface area contributed by atoms with Gasteiger partial charge in [0.25, 0.3) is 0 Å². The summed E-state index contributed by atoms with van der Waals surface area (Å²) < 4.78 is 6.14. The van der Waals surface area contributed by atoms with E-state index in [0.717, 1.165) is 12.0 Å². The minimum absolute atomic E-state index is 0.0612. The summed E-state index contributed by atoms with van der Waals surface area (Å²) in [5.74, 6) is 1.47. The van der Waals surface area contributed by atoms with Gasteiger partial charge in [-0.05, 0) is 60.5 Å². The highest BCUT2D eigenvalue weighted by molar-refractivity contribution is 5.89. The van der Waals surface area contributed by atoms with Crippen LogP contribution >= 0.6 is 0 Å². The van der Waals surface area contributed by atoms with Gasteiger partial charge in [-0.15, -0.1) is 0 Å². The van der Waals surface area contributed by atoms with Crippen LogP contribution in [0.2, 0.25) is 0 Å². The first-order valence-electron chi connectivity index (χ1n) is 13.6. The summed E-state index contributed by atoms with van der Waals surface area (Å²) in [4.78, 5) is 39.8. The number of nitrogens with one attached hydrogen (secondary N) is 1. The van der Waals surface area contributed by atoms with Crippen molar-refractivity contribution < 1.29 is 19.1 Å². The average molecular weight is 500 g/mol. The molecule has 1 aliphatic heterocycles. The zero-order chi connectivity index (χ0) is 26.6. The molecule has 3 amide bonds. The van der Waals surface area contributed by atoms with Crippen LogP contribution in [-0.4, -0.2) is 47.4 Å². The molecule has 1 heterocycles. The van der Waals surface area contributed by atoms with Crippen LogP contribution < -0.4 is 11.1 Å². The predicted octanol–water partition coefficient (Wildman–Crippen LogP) is 3.99. The van der Waals surface area contributed by atoms with Gasteiger partial charge in [0.1, 0.15) is 6.04 Å². The van der Waals surface area contributed by atoms with E-state index in [9.17, 15) is 14.4 Å². The highest BCUT2D eigenvalue weighted by Crippen LogP contribution is 2.55. The van der Waals surface area contributed by atoms with Gasteiger partial charge in [0, 0.05) is 19.4 Å². The fraction of sp³-hybridized carbons (Fsp3) is 0.690. The highest BCUT2D eigenvalue weighted by atomic mass is 16.5. The summed E-state index contributed by atoms with van der Waals surface area (Å²) in [6, 6.07) is 7.52. The van der Waals surface area contributed by atoms with E-state index in [0.29, 0.717) is 49.7 Å². The van der Waals surface area contributed by atoms with Crippen molar-refractivity contribution in [3.05, 3.63) is 35.4 Å². The molecule has 7 heteroatoms. The van der Waals surface area contributed by atoms with Gasteiger partial charge < -0.3 is 20.7 Å². The Morgan fingerprint density at radius 2 is 1.72 bits per heavy atom. The third-order valence-corrected chi connectivity index (χ3v) is 8.02. The van der Waals surface area contributed by atoms with E-state index in [2.05, 4.69) is 64.2 Å². The van der Waals surface area contributed by atoms with E-state index in [1.807, 2.05) is 6.92 Å². The van der Waals surface area contributed by atoms with Crippen LogP contribution in [0.1, 0.15) is 84.3 Å². The second-order valence-electron chi connectivity index (χ2n) is 11.6. The number of fused-ring (bicyclic) bond motifs is 1. The van der Waals surface area contributed by atoms with E-state index in [4.69, 9.17) is 10.5 Å². The number of carbonyl (C=O) groups is 3. The maximum atomic E-state index is 13.5. The van der Waals surface area contributed by atoms with Crippen LogP contribution in [0.3, 0.4) is 0 Å². The molecular weight excluding hydrogens is 454 g/mol. The fourth-order valence-electron chi connectivity index (χ4n) is 5.40. The lowest BCUT2D eigenvalue weighted by Gasteiger charge is -2.31. The number of hydrogen-bond donors (Lipinski definition) is 2. The Morgan fingerprint density at radius 1 is 1.06 bits per heavy atom. The standard InChI is InChI=1S/C29H45N3O4/c1-17(2)7-14-26(34)32-15-23-19(5)27(23)28(32)29(35)31-24(12-13-25(30)33)20(6)36-16-21-8-10-22(11-9-21)18(3)4/h8-11,17-20,23-24,27-28H,7,12-16H2,1-6H3,(H2,30,33)(H,31,35). The number of piperidine rings is 1. The number of carbonyl (C=O) groups excluding carboxylic acids is 3. The van der Waals surface area contributed by atoms with Crippen molar-refractivity contribution in [2.24, 2.45) is 29.4 Å². The second kappa shape index (κ2) is 12.2. The molecule has 1 aliphatic carbocycles. The minimum atomic E-state index is -0.448. The van der Waals surface area contributed by atoms with Crippen molar-refractivity contribution in [1.29, 1.82) is 0 Å². The molecule has 0 aromatic heterocycles. The molecule has 3 N–H and O–H groups in total. The van der Waals surface area contributed by atoms with Crippen LogP contribution in [0.25, 0.3) is 0 Å². The van der Waals surface area contributed by atoms with Gasteiger partial charge in [0.2, 0.25) is 17.7 Å². The van der Waals surface area contributed by atoms with Crippen molar-refractivity contribution in [2.45, 2.75) is 97.9 Å². The molecule has 1 aromatic rings. The van der Waals surface area contributed by atoms with Gasteiger partial charge in [-0.3, -0.25) is 14.4 Å². The van der Waals surface area contributed by atoms with E-state index >= 15 is 0 Å². The Kier molecular flexibility index (Phi) is 9.56. The maximum Gasteiger partial charge on any atom is 0.243 e. The molecule has 0 radical (unpaired) electrons. The fourth-order valence-corrected chi connectivity index (χ4v) is 5.40. The number of benzene rings is 1. The highest BCUT2D eigenvalue weighted by Gasteiger charge is 2.62. The molecule has 200 valence electrons. The second-order valence-corrected chi connectivity index (χ2v) is 11.6. The number of amides is 3. The van der Waals surface area contributed by atoms with E-state index < -0.39 is 11.9 Å². The topological polar surface area (TPSA) is 102 Å². The minimum Gasteiger partial charge on any atom is -0.372 e. The Balaban J connectivity index is 1.65. The first kappa shape index (κ1) is 28.2. The number of likely N-dealkylation sites (tertiary alicyclic amines) is 1. The summed E-state index contributed by atoms with van der Waals surface area (Å²) in [6.07, 6.45) is 1.52. The zero-order valence-corrected chi connectivity index (χ0v) is 22.8. The maximum absolute atomic E-state index is 13.5. The van der Waals surface area contributed by atoms with E-state index in [-0.39, 0.29) is 36.3 Å². The van der Waals surface area contributed by atoms with Crippen LogP contribution in [0.4, 0.5) is 0 Å². The lowest BCUT2D eigenvalue weighted by molar-refractivity contribution is -0.141. The third-order valence-electron chi connectivity index (χ3n) is 8.02. The van der Waals surface area contributed by atoms with E-state index in [1.165, 1.54) is 5.56 Å². The first-order valence-corrected chi connectivity index (χ1v) is 13.6. The average Bonchev–Trinajstić information content (AvgIpc) is 3.26. The largest absolute Gasteiger partial charge is 0.372 e. The number of hydrogen-bond acceptors (Lipinski definition) is 4. The quantitative estimate of drug-likeness (QED) is 0.428. The van der Waals surface area contributed by atoms with Gasteiger partial charge in [-0.1, -0.05) is 58.9 Å². The van der Waals surface area contributed by atoms with Crippen molar-refractivity contribution in [2.75, 3.05) is 6.54 Å². The molecule has 2 fully saturated rings. The van der Waals surface area contributed by atoms with Gasteiger partial charge in [-0.2, -0.15) is 0 Å². The molecule has 2 aliphatic rings. The Labute approximate surface area is 216 Å². The summed E-state index contributed by atoms with van der Waals surface area (Å²) in [5.41, 5.74) is 7.75. The third kappa shape index (κ3) is 7.09. The van der Waals surface area contributed by atoms with Crippen LogP contribution in [0, 0.1) is 23.7 Å². The monoisotopic (exact) mass is 499 g/mol. The zero-order valence-electron chi connectivity index (χ0n) is 22.8. The number of nitrogens with two attached hydrogens (primary N) is 1. The van der Waals surface area contributed by atoms with Crippen molar-refractivity contribution in [1.82, 2.24) is 10.2 Å². The number of rotatable bonds is 13. The van der Waals surface area contributed by atoms with Crippen molar-refractivity contribution >= 4 is 17.7 Å². The summed E-state index contributed by atoms with van der Waals surface area (Å²) in [6.45, 7) is 13.7. The van der Waals surface area contributed by atoms with E-state index in [1.54, 1.807) is 4.90 Å². The number of nitrogens with zero attached hydrogens (tertiary/aromatic N) is 1. The van der Waals surface area contributed by atoms with Crippen LogP contribution in [0.15, 0.2) is 24.3 Å². The Hall–Kier alpha value is -2.41. The summed E-state index contributed by atoms with van der Waals surface area (Å²) >= 11 is 0. The van der Waals surface area contributed by atoms with Crippen molar-refractivity contribution in [3.63, 3.8) is 0 Å². The molecular formula is C29H45N3O4. The number of primary amides is 1. The molecule has 3 rings (SSSR count). The molecule has 36 heavy (non-hydrogen) atoms. The lowest BCUT2D eigenvalue weighted by Crippen LogP contribution is -2.53. The van der Waals surface area contributed by atoms with Crippen LogP contribution in [-0.2, 0) is 25.7 Å². The SMILES string of the molecule is CC(C)CCC(=O)N1CC2C(C)C2C1C(=O)NC(CCC(N)=O)C(C)OCc1ccc(C(C)C)cc1. The van der Waals surface area contributed by atoms with Crippen LogP contribution in [0.5, 0.6) is 0 Å². The van der Waals surface area contributed by atoms with Gasteiger partial charge in [-0.25, -0.2) is 0 Å². The van der Waals surface area contributed by atoms with Gasteiger partial charge in [0.15, 0.2) is 0 Å². The molecule has 6 atom stereocenters. The molecule has 6 unspecified atom stereocenters. The lowest BCUT2D eigenvalue weighted by atomic mass is 10.0. The smallest absolute Gasteiger partial charge is 0.243 e. The molecule has 0 spiro atoms. The number of ether oxygens (including phenoxy) is 1. The van der Waals surface area contributed by atoms with Gasteiger partial charge >= 0.3 is 0 Å². The summed E-state index contributed by atoms with van der Waals surface area (Å²) in [5, 5.41) is 3.14. The Morgan fingerprint density at radius 3 is 2.31 bits per heavy atom. The molecule has 1 saturated heterocycles. The predicted molar refractivity (Wildman–Crippen MR) is 141 cm³/mol. The summed E-state index contributed by atoms with van der Waals surface area (Å²) in [7, 11) is 0. The molecule has 7 nitrogen and oxygen atoms in total. The molecule has 1 aromatic carbocycles. The molecule has 0 bridgehead atoms. The van der Waals surface area contributed by atoms with Crippen molar-refractivity contribution in [3.8, 4) is 0 Å². The molecule has 1 saturated carbocycles. The first-order chi connectivity index (χ1) is 17.0. The Bertz CT molecular complexity index is 914. The normalized spacial score (nSPS) is 24.5.